The van der Waals surface area contributed by atoms with Crippen LogP contribution in [0, 0.1) is 5.82 Å². The SMILES string of the molecule is CCCCC[C@@H](N)c1ccc(Cl)cc1F. The average Bonchev–Trinajstić information content (AvgIpc) is 2.17. The standard InChI is InChI=1S/C12H17ClFN/c1-2-3-4-5-12(15)10-7-6-9(13)8-11(10)14/h6-8,12H,2-5,15H2,1H3/t12-/m1/s1. The van der Waals surface area contributed by atoms with E-state index in [0.717, 1.165) is 25.7 Å². The number of benzene rings is 1. The number of hydrogen-bond donors (Lipinski definition) is 1. The molecule has 0 aliphatic heterocycles. The Kier molecular flexibility index (Phi) is 5.06. The van der Waals surface area contributed by atoms with Crippen molar-refractivity contribution in [2.24, 2.45) is 5.73 Å². The molecule has 0 aliphatic carbocycles. The van der Waals surface area contributed by atoms with E-state index in [1.165, 1.54) is 6.07 Å². The van der Waals surface area contributed by atoms with Gasteiger partial charge in [-0.15, -0.1) is 0 Å². The summed E-state index contributed by atoms with van der Waals surface area (Å²) in [5.41, 5.74) is 6.47. The summed E-state index contributed by atoms with van der Waals surface area (Å²) in [7, 11) is 0. The van der Waals surface area contributed by atoms with Gasteiger partial charge in [-0.3, -0.25) is 0 Å². The summed E-state index contributed by atoms with van der Waals surface area (Å²) >= 11 is 5.67. The second-order valence-electron chi connectivity index (χ2n) is 3.77. The van der Waals surface area contributed by atoms with Crippen molar-refractivity contribution in [3.63, 3.8) is 0 Å². The largest absolute Gasteiger partial charge is 0.324 e. The van der Waals surface area contributed by atoms with Crippen LogP contribution in [0.15, 0.2) is 18.2 Å². The zero-order chi connectivity index (χ0) is 11.3. The maximum Gasteiger partial charge on any atom is 0.129 e. The highest BCUT2D eigenvalue weighted by atomic mass is 35.5. The molecule has 0 fully saturated rings. The van der Waals surface area contributed by atoms with Crippen molar-refractivity contribution < 1.29 is 4.39 Å². The Balaban J connectivity index is 2.61. The molecule has 0 aromatic heterocycles. The number of halogens is 2. The molecule has 1 aromatic rings. The zero-order valence-corrected chi connectivity index (χ0v) is 9.73. The quantitative estimate of drug-likeness (QED) is 0.758. The molecule has 1 aromatic carbocycles. The van der Waals surface area contributed by atoms with Crippen LogP contribution < -0.4 is 5.73 Å². The van der Waals surface area contributed by atoms with Gasteiger partial charge in [0, 0.05) is 16.6 Å². The van der Waals surface area contributed by atoms with E-state index >= 15 is 0 Å². The normalized spacial score (nSPS) is 12.8. The molecular weight excluding hydrogens is 213 g/mol. The smallest absolute Gasteiger partial charge is 0.129 e. The first-order chi connectivity index (χ1) is 7.15. The summed E-state index contributed by atoms with van der Waals surface area (Å²) in [6, 6.07) is 4.46. The van der Waals surface area contributed by atoms with E-state index in [1.807, 2.05) is 0 Å². The zero-order valence-electron chi connectivity index (χ0n) is 8.97. The van der Waals surface area contributed by atoms with Crippen LogP contribution in [-0.4, -0.2) is 0 Å². The van der Waals surface area contributed by atoms with Gasteiger partial charge in [-0.05, 0) is 18.6 Å². The van der Waals surface area contributed by atoms with Gasteiger partial charge in [0.1, 0.15) is 5.82 Å². The molecule has 0 aliphatic rings. The highest BCUT2D eigenvalue weighted by Gasteiger charge is 2.10. The minimum atomic E-state index is -0.300. The lowest BCUT2D eigenvalue weighted by Crippen LogP contribution is -2.11. The number of nitrogens with two attached hydrogens (primary N) is 1. The Hall–Kier alpha value is -0.600. The van der Waals surface area contributed by atoms with Crippen molar-refractivity contribution in [1.82, 2.24) is 0 Å². The van der Waals surface area contributed by atoms with Crippen LogP contribution in [0.3, 0.4) is 0 Å². The molecule has 0 saturated heterocycles. The van der Waals surface area contributed by atoms with Gasteiger partial charge in [0.2, 0.25) is 0 Å². The van der Waals surface area contributed by atoms with E-state index in [4.69, 9.17) is 17.3 Å². The fourth-order valence-electron chi connectivity index (χ4n) is 1.57. The van der Waals surface area contributed by atoms with E-state index in [1.54, 1.807) is 12.1 Å². The third-order valence-electron chi connectivity index (χ3n) is 2.48. The molecule has 15 heavy (non-hydrogen) atoms. The lowest BCUT2D eigenvalue weighted by Gasteiger charge is -2.12. The van der Waals surface area contributed by atoms with Crippen molar-refractivity contribution >= 4 is 11.6 Å². The van der Waals surface area contributed by atoms with Crippen LogP contribution in [0.4, 0.5) is 4.39 Å². The molecule has 2 N–H and O–H groups in total. The summed E-state index contributed by atoms with van der Waals surface area (Å²) in [5, 5.41) is 0.414. The van der Waals surface area contributed by atoms with Gasteiger partial charge in [0.25, 0.3) is 0 Å². The van der Waals surface area contributed by atoms with Crippen molar-refractivity contribution in [3.8, 4) is 0 Å². The molecule has 0 spiro atoms. The number of unbranched alkanes of at least 4 members (excludes halogenated alkanes) is 2. The van der Waals surface area contributed by atoms with Crippen LogP contribution in [0.2, 0.25) is 5.02 Å². The van der Waals surface area contributed by atoms with Gasteiger partial charge in [-0.1, -0.05) is 43.9 Å². The summed E-state index contributed by atoms with van der Waals surface area (Å²) in [5.74, 6) is -0.300. The molecule has 0 heterocycles. The second kappa shape index (κ2) is 6.09. The molecule has 0 amide bonds. The predicted molar refractivity (Wildman–Crippen MR) is 62.5 cm³/mol. The molecule has 1 nitrogen and oxygen atoms in total. The van der Waals surface area contributed by atoms with Gasteiger partial charge >= 0.3 is 0 Å². The molecule has 3 heteroatoms. The van der Waals surface area contributed by atoms with Crippen LogP contribution in [0.25, 0.3) is 0 Å². The Labute approximate surface area is 95.4 Å². The minimum Gasteiger partial charge on any atom is -0.324 e. The first kappa shape index (κ1) is 12.5. The highest BCUT2D eigenvalue weighted by Crippen LogP contribution is 2.22. The third kappa shape index (κ3) is 3.80. The molecule has 1 rings (SSSR count). The van der Waals surface area contributed by atoms with Gasteiger partial charge in [0.05, 0.1) is 0 Å². The lowest BCUT2D eigenvalue weighted by atomic mass is 10.0. The second-order valence-corrected chi connectivity index (χ2v) is 4.20. The van der Waals surface area contributed by atoms with Crippen LogP contribution in [-0.2, 0) is 0 Å². The van der Waals surface area contributed by atoms with Crippen LogP contribution >= 0.6 is 11.6 Å². The lowest BCUT2D eigenvalue weighted by molar-refractivity contribution is 0.539. The fraction of sp³-hybridized carbons (Fsp3) is 0.500. The molecule has 0 saturated carbocycles. The summed E-state index contributed by atoms with van der Waals surface area (Å²) in [6.07, 6.45) is 4.16. The molecule has 0 radical (unpaired) electrons. The molecule has 0 unspecified atom stereocenters. The van der Waals surface area contributed by atoms with Gasteiger partial charge < -0.3 is 5.73 Å². The van der Waals surface area contributed by atoms with Gasteiger partial charge in [-0.2, -0.15) is 0 Å². The summed E-state index contributed by atoms with van der Waals surface area (Å²) in [4.78, 5) is 0. The monoisotopic (exact) mass is 229 g/mol. The van der Waals surface area contributed by atoms with E-state index in [9.17, 15) is 4.39 Å². The van der Waals surface area contributed by atoms with Gasteiger partial charge in [0.15, 0.2) is 0 Å². The first-order valence-corrected chi connectivity index (χ1v) is 5.73. The fourth-order valence-corrected chi connectivity index (χ4v) is 1.73. The maximum atomic E-state index is 13.4. The topological polar surface area (TPSA) is 26.0 Å². The Morgan fingerprint density at radius 3 is 2.73 bits per heavy atom. The predicted octanol–water partition coefficient (Wildman–Crippen LogP) is 4.06. The Morgan fingerprint density at radius 2 is 2.13 bits per heavy atom. The van der Waals surface area contributed by atoms with Crippen LogP contribution in [0.5, 0.6) is 0 Å². The average molecular weight is 230 g/mol. The molecule has 1 atom stereocenters. The molecular formula is C12H17ClFN. The minimum absolute atomic E-state index is 0.214. The van der Waals surface area contributed by atoms with E-state index in [-0.39, 0.29) is 11.9 Å². The highest BCUT2D eigenvalue weighted by molar-refractivity contribution is 6.30. The van der Waals surface area contributed by atoms with E-state index in [2.05, 4.69) is 6.92 Å². The summed E-state index contributed by atoms with van der Waals surface area (Å²) < 4.78 is 13.4. The number of hydrogen-bond acceptors (Lipinski definition) is 1. The first-order valence-electron chi connectivity index (χ1n) is 5.35. The van der Waals surface area contributed by atoms with Crippen LogP contribution in [0.1, 0.15) is 44.2 Å². The van der Waals surface area contributed by atoms with Gasteiger partial charge in [-0.25, -0.2) is 4.39 Å². The van der Waals surface area contributed by atoms with Crippen molar-refractivity contribution in [1.29, 1.82) is 0 Å². The van der Waals surface area contributed by atoms with E-state index < -0.39 is 0 Å². The number of rotatable bonds is 5. The third-order valence-corrected chi connectivity index (χ3v) is 2.72. The molecule has 0 bridgehead atoms. The summed E-state index contributed by atoms with van der Waals surface area (Å²) in [6.45, 7) is 2.13. The van der Waals surface area contributed by atoms with Crippen molar-refractivity contribution in [2.75, 3.05) is 0 Å². The van der Waals surface area contributed by atoms with Crippen molar-refractivity contribution in [3.05, 3.63) is 34.6 Å². The van der Waals surface area contributed by atoms with Crippen molar-refractivity contribution in [2.45, 2.75) is 38.6 Å². The molecule has 84 valence electrons. The Morgan fingerprint density at radius 1 is 1.40 bits per heavy atom. The van der Waals surface area contributed by atoms with E-state index in [0.29, 0.717) is 10.6 Å². The Bertz CT molecular complexity index is 314. The maximum absolute atomic E-state index is 13.4.